The summed E-state index contributed by atoms with van der Waals surface area (Å²) in [5.41, 5.74) is 7.33. The molecular weight excluding hydrogens is 128 g/mol. The third kappa shape index (κ3) is 0.586. The predicted octanol–water partition coefficient (Wildman–Crippen LogP) is -0.305. The van der Waals surface area contributed by atoms with E-state index in [1.54, 1.807) is 6.20 Å². The lowest BCUT2D eigenvalue weighted by molar-refractivity contribution is 0.917. The van der Waals surface area contributed by atoms with Gasteiger partial charge in [0.15, 0.2) is 0 Å². The number of aromatic nitrogens is 2. The van der Waals surface area contributed by atoms with Crippen LogP contribution in [0.1, 0.15) is 11.3 Å². The molecule has 0 unspecified atom stereocenters. The number of hydrogen-bond acceptors (Lipinski definition) is 4. The number of nitrogens with zero attached hydrogens (tertiary/aromatic N) is 3. The van der Waals surface area contributed by atoms with Crippen molar-refractivity contribution in [1.82, 2.24) is 10.2 Å². The first-order valence-corrected chi connectivity index (χ1v) is 2.99. The maximum atomic E-state index is 5.53. The van der Waals surface area contributed by atoms with E-state index in [1.807, 2.05) is 6.07 Å². The molecule has 4 nitrogen and oxygen atoms in total. The Morgan fingerprint density at radius 3 is 3.20 bits per heavy atom. The SMILES string of the molecule is NC1=NCc2nnccc21. The number of fused-ring (bicyclic) bond motifs is 1. The zero-order chi connectivity index (χ0) is 6.97. The van der Waals surface area contributed by atoms with Crippen molar-refractivity contribution in [1.29, 1.82) is 0 Å². The first-order valence-electron chi connectivity index (χ1n) is 2.99. The molecule has 0 spiro atoms. The Hall–Kier alpha value is -1.45. The van der Waals surface area contributed by atoms with Crippen molar-refractivity contribution in [3.8, 4) is 0 Å². The van der Waals surface area contributed by atoms with E-state index in [4.69, 9.17) is 5.73 Å². The van der Waals surface area contributed by atoms with Gasteiger partial charge < -0.3 is 5.73 Å². The molecule has 1 aliphatic rings. The van der Waals surface area contributed by atoms with Gasteiger partial charge in [0.1, 0.15) is 5.84 Å². The average molecular weight is 134 g/mol. The third-order valence-corrected chi connectivity index (χ3v) is 1.47. The van der Waals surface area contributed by atoms with Crippen LogP contribution in [0, 0.1) is 0 Å². The highest BCUT2D eigenvalue weighted by atomic mass is 15.1. The van der Waals surface area contributed by atoms with Gasteiger partial charge in [0.2, 0.25) is 0 Å². The molecule has 0 saturated heterocycles. The molecule has 50 valence electrons. The fraction of sp³-hybridized carbons (Fsp3) is 0.167. The molecule has 0 radical (unpaired) electrons. The molecule has 2 rings (SSSR count). The van der Waals surface area contributed by atoms with Gasteiger partial charge in [-0.25, -0.2) is 0 Å². The maximum Gasteiger partial charge on any atom is 0.128 e. The average Bonchev–Trinajstić information content (AvgIpc) is 2.34. The van der Waals surface area contributed by atoms with Crippen LogP contribution in [-0.2, 0) is 6.54 Å². The van der Waals surface area contributed by atoms with Crippen LogP contribution in [0.15, 0.2) is 17.3 Å². The van der Waals surface area contributed by atoms with Crippen molar-refractivity contribution >= 4 is 5.84 Å². The van der Waals surface area contributed by atoms with Gasteiger partial charge in [0.25, 0.3) is 0 Å². The molecule has 4 heteroatoms. The largest absolute Gasteiger partial charge is 0.383 e. The highest BCUT2D eigenvalue weighted by molar-refractivity contribution is 6.00. The first-order chi connectivity index (χ1) is 4.88. The van der Waals surface area contributed by atoms with Gasteiger partial charge in [-0.15, -0.1) is 0 Å². The Bertz CT molecular complexity index is 292. The third-order valence-electron chi connectivity index (χ3n) is 1.47. The fourth-order valence-electron chi connectivity index (χ4n) is 0.956. The molecule has 10 heavy (non-hydrogen) atoms. The summed E-state index contributed by atoms with van der Waals surface area (Å²) >= 11 is 0. The smallest absolute Gasteiger partial charge is 0.128 e. The van der Waals surface area contributed by atoms with Crippen LogP contribution in [0.4, 0.5) is 0 Å². The standard InChI is InChI=1S/C6H6N4/c7-6-4-1-2-9-10-5(4)3-8-6/h1-2H,3H2,(H2,7,8). The normalized spacial score (nSPS) is 14.6. The minimum Gasteiger partial charge on any atom is -0.383 e. The van der Waals surface area contributed by atoms with E-state index in [2.05, 4.69) is 15.2 Å². The number of rotatable bonds is 0. The van der Waals surface area contributed by atoms with Crippen LogP contribution in [0.3, 0.4) is 0 Å². The number of aliphatic imine (C=N–C) groups is 1. The molecule has 0 saturated carbocycles. The minimum atomic E-state index is 0.574. The summed E-state index contributed by atoms with van der Waals surface area (Å²) in [5, 5.41) is 7.58. The highest BCUT2D eigenvalue weighted by Gasteiger charge is 2.12. The van der Waals surface area contributed by atoms with Crippen molar-refractivity contribution in [2.45, 2.75) is 6.54 Å². The molecular formula is C6H6N4. The molecule has 2 N–H and O–H groups in total. The molecule has 0 aromatic carbocycles. The second-order valence-corrected chi connectivity index (χ2v) is 2.09. The van der Waals surface area contributed by atoms with Crippen molar-refractivity contribution in [3.05, 3.63) is 23.5 Å². The molecule has 1 aliphatic heterocycles. The topological polar surface area (TPSA) is 64.2 Å². The molecule has 0 fully saturated rings. The monoisotopic (exact) mass is 134 g/mol. The Kier molecular flexibility index (Phi) is 0.943. The Morgan fingerprint density at radius 1 is 1.50 bits per heavy atom. The van der Waals surface area contributed by atoms with E-state index in [0.29, 0.717) is 12.4 Å². The molecule has 0 bridgehead atoms. The zero-order valence-electron chi connectivity index (χ0n) is 5.28. The van der Waals surface area contributed by atoms with E-state index in [-0.39, 0.29) is 0 Å². The molecule has 1 aromatic rings. The van der Waals surface area contributed by atoms with Crippen molar-refractivity contribution in [3.63, 3.8) is 0 Å². The molecule has 0 atom stereocenters. The van der Waals surface area contributed by atoms with Crippen LogP contribution in [0.25, 0.3) is 0 Å². The van der Waals surface area contributed by atoms with Crippen LogP contribution in [0.2, 0.25) is 0 Å². The summed E-state index contributed by atoms with van der Waals surface area (Å²) < 4.78 is 0. The van der Waals surface area contributed by atoms with Gasteiger partial charge in [0.05, 0.1) is 18.4 Å². The molecule has 1 aromatic heterocycles. The highest BCUT2D eigenvalue weighted by Crippen LogP contribution is 2.11. The summed E-state index contributed by atoms with van der Waals surface area (Å²) in [5.74, 6) is 0.574. The van der Waals surface area contributed by atoms with Crippen LogP contribution >= 0.6 is 0 Å². The van der Waals surface area contributed by atoms with Gasteiger partial charge in [-0.3, -0.25) is 4.99 Å². The van der Waals surface area contributed by atoms with Crippen LogP contribution in [0.5, 0.6) is 0 Å². The van der Waals surface area contributed by atoms with Gasteiger partial charge >= 0.3 is 0 Å². The van der Waals surface area contributed by atoms with E-state index in [0.717, 1.165) is 11.3 Å². The fourth-order valence-corrected chi connectivity index (χ4v) is 0.956. The van der Waals surface area contributed by atoms with E-state index in [1.165, 1.54) is 0 Å². The van der Waals surface area contributed by atoms with E-state index < -0.39 is 0 Å². The van der Waals surface area contributed by atoms with Crippen molar-refractivity contribution < 1.29 is 0 Å². The molecule has 2 heterocycles. The lowest BCUT2D eigenvalue weighted by Crippen LogP contribution is -2.10. The van der Waals surface area contributed by atoms with E-state index >= 15 is 0 Å². The maximum absolute atomic E-state index is 5.53. The second kappa shape index (κ2) is 1.76. The van der Waals surface area contributed by atoms with Crippen LogP contribution in [-0.4, -0.2) is 16.0 Å². The predicted molar refractivity (Wildman–Crippen MR) is 36.5 cm³/mol. The minimum absolute atomic E-state index is 0.574. The summed E-state index contributed by atoms with van der Waals surface area (Å²) in [6, 6.07) is 1.83. The molecule has 0 amide bonds. The Morgan fingerprint density at radius 2 is 2.40 bits per heavy atom. The summed E-state index contributed by atoms with van der Waals surface area (Å²) in [4.78, 5) is 4.00. The number of nitrogens with two attached hydrogens (primary N) is 1. The van der Waals surface area contributed by atoms with E-state index in [9.17, 15) is 0 Å². The van der Waals surface area contributed by atoms with Crippen LogP contribution < -0.4 is 5.73 Å². The Labute approximate surface area is 57.8 Å². The summed E-state index contributed by atoms with van der Waals surface area (Å²) in [7, 11) is 0. The number of hydrogen-bond donors (Lipinski definition) is 1. The lowest BCUT2D eigenvalue weighted by Gasteiger charge is -1.92. The van der Waals surface area contributed by atoms with Gasteiger partial charge in [-0.2, -0.15) is 10.2 Å². The second-order valence-electron chi connectivity index (χ2n) is 2.09. The summed E-state index contributed by atoms with van der Waals surface area (Å²) in [6.07, 6.45) is 1.62. The van der Waals surface area contributed by atoms with Crippen molar-refractivity contribution in [2.75, 3.05) is 0 Å². The quantitative estimate of drug-likeness (QED) is 0.529. The Balaban J connectivity index is 2.61. The first kappa shape index (κ1) is 5.34. The number of amidine groups is 1. The lowest BCUT2D eigenvalue weighted by atomic mass is 10.2. The van der Waals surface area contributed by atoms with Gasteiger partial charge in [-0.1, -0.05) is 0 Å². The van der Waals surface area contributed by atoms with Crippen molar-refractivity contribution in [2.24, 2.45) is 10.7 Å². The molecule has 0 aliphatic carbocycles. The van der Waals surface area contributed by atoms with Gasteiger partial charge in [-0.05, 0) is 6.07 Å². The zero-order valence-corrected chi connectivity index (χ0v) is 5.28. The summed E-state index contributed by atoms with van der Waals surface area (Å²) in [6.45, 7) is 0.578. The van der Waals surface area contributed by atoms with Gasteiger partial charge in [0, 0.05) is 5.56 Å².